The van der Waals surface area contributed by atoms with Gasteiger partial charge in [-0.2, -0.15) is 0 Å². The summed E-state index contributed by atoms with van der Waals surface area (Å²) in [5, 5.41) is 7.49. The lowest BCUT2D eigenvalue weighted by molar-refractivity contribution is -0.00837. The van der Waals surface area contributed by atoms with Crippen molar-refractivity contribution in [1.29, 1.82) is 0 Å². The molecular formula is C20H29IN4O2. The van der Waals surface area contributed by atoms with E-state index in [0.29, 0.717) is 19.1 Å². The molecule has 7 heteroatoms. The van der Waals surface area contributed by atoms with Crippen molar-refractivity contribution in [3.63, 3.8) is 0 Å². The summed E-state index contributed by atoms with van der Waals surface area (Å²) in [6.07, 6.45) is 0.0568. The summed E-state index contributed by atoms with van der Waals surface area (Å²) in [5.74, 6) is 2.04. The highest BCUT2D eigenvalue weighted by atomic mass is 127. The third-order valence-corrected chi connectivity index (χ3v) is 4.70. The van der Waals surface area contributed by atoms with Crippen molar-refractivity contribution in [2.24, 2.45) is 4.99 Å². The Balaban J connectivity index is 0.00000261. The molecule has 2 heterocycles. The molecule has 1 atom stereocenters. The minimum Gasteiger partial charge on any atom is -0.370 e. The number of hydrogen-bond acceptors (Lipinski definition) is 4. The van der Waals surface area contributed by atoms with E-state index >= 15 is 0 Å². The normalized spacial score (nSPS) is 17.7. The van der Waals surface area contributed by atoms with Crippen LogP contribution in [0.25, 0.3) is 0 Å². The predicted octanol–water partition coefficient (Wildman–Crippen LogP) is 3.87. The van der Waals surface area contributed by atoms with Gasteiger partial charge >= 0.3 is 0 Å². The van der Waals surface area contributed by atoms with E-state index < -0.39 is 0 Å². The van der Waals surface area contributed by atoms with E-state index in [1.165, 1.54) is 11.1 Å². The second-order valence-electron chi connectivity index (χ2n) is 6.94. The number of benzene rings is 1. The first-order valence-corrected chi connectivity index (χ1v) is 9.16. The number of aliphatic imine (C=N–C) groups is 1. The molecule has 148 valence electrons. The molecule has 0 bridgehead atoms. The van der Waals surface area contributed by atoms with Gasteiger partial charge in [-0.3, -0.25) is 4.99 Å². The van der Waals surface area contributed by atoms with Gasteiger partial charge in [0.25, 0.3) is 0 Å². The lowest BCUT2D eigenvalue weighted by Crippen LogP contribution is -2.48. The van der Waals surface area contributed by atoms with Crippen LogP contribution >= 0.6 is 24.0 Å². The fraction of sp³-hybridized carbons (Fsp3) is 0.500. The lowest BCUT2D eigenvalue weighted by atomic mass is 10.0. The zero-order chi connectivity index (χ0) is 18.5. The van der Waals surface area contributed by atoms with Gasteiger partial charge in [0.1, 0.15) is 6.10 Å². The van der Waals surface area contributed by atoms with E-state index in [9.17, 15) is 0 Å². The Kier molecular flexibility index (Phi) is 8.09. The van der Waals surface area contributed by atoms with Gasteiger partial charge in [-0.15, -0.1) is 24.0 Å². The quantitative estimate of drug-likeness (QED) is 0.406. The van der Waals surface area contributed by atoms with Crippen molar-refractivity contribution >= 4 is 29.9 Å². The van der Waals surface area contributed by atoms with Crippen molar-refractivity contribution < 1.29 is 9.26 Å². The van der Waals surface area contributed by atoms with Crippen LogP contribution < -0.4 is 5.32 Å². The van der Waals surface area contributed by atoms with Crippen LogP contribution in [-0.4, -0.2) is 42.8 Å². The first-order valence-electron chi connectivity index (χ1n) is 9.16. The lowest BCUT2D eigenvalue weighted by Gasteiger charge is -2.35. The summed E-state index contributed by atoms with van der Waals surface area (Å²) >= 11 is 0. The third-order valence-electron chi connectivity index (χ3n) is 4.70. The molecule has 2 aromatic rings. The molecule has 27 heavy (non-hydrogen) atoms. The Morgan fingerprint density at radius 3 is 2.81 bits per heavy atom. The number of rotatable bonds is 4. The van der Waals surface area contributed by atoms with Gasteiger partial charge in [0.15, 0.2) is 11.7 Å². The van der Waals surface area contributed by atoms with Crippen molar-refractivity contribution in [1.82, 2.24) is 15.4 Å². The molecule has 0 amide bonds. The Morgan fingerprint density at radius 2 is 2.15 bits per heavy atom. The molecule has 1 unspecified atom stereocenters. The van der Waals surface area contributed by atoms with E-state index in [0.717, 1.165) is 30.5 Å². The number of ether oxygens (including phenoxy) is 1. The van der Waals surface area contributed by atoms with Crippen molar-refractivity contribution in [3.05, 3.63) is 52.9 Å². The Hall–Kier alpha value is -1.61. The van der Waals surface area contributed by atoms with Crippen molar-refractivity contribution in [2.45, 2.75) is 39.3 Å². The molecule has 1 aliphatic rings. The van der Waals surface area contributed by atoms with Gasteiger partial charge in [0.05, 0.1) is 25.4 Å². The van der Waals surface area contributed by atoms with Crippen molar-refractivity contribution in [3.8, 4) is 0 Å². The van der Waals surface area contributed by atoms with E-state index in [-0.39, 0.29) is 30.1 Å². The van der Waals surface area contributed by atoms with Crippen LogP contribution in [-0.2, 0) is 11.3 Å². The molecule has 0 aliphatic carbocycles. The van der Waals surface area contributed by atoms with E-state index in [2.05, 4.69) is 65.4 Å². The summed E-state index contributed by atoms with van der Waals surface area (Å²) in [6, 6.07) is 10.4. The average Bonchev–Trinajstić information content (AvgIpc) is 3.12. The standard InChI is InChI=1S/C20H28N4O2.HI/c1-14(2)18-11-16(26-23-18)12-22-20(21-4)24-9-10-25-19(13-24)17-8-6-5-7-15(17)3;/h5-8,11,14,19H,9-10,12-13H2,1-4H3,(H,21,22);1H. The molecule has 1 aromatic carbocycles. The second-order valence-corrected chi connectivity index (χ2v) is 6.94. The van der Waals surface area contributed by atoms with Gasteiger partial charge in [-0.05, 0) is 24.0 Å². The van der Waals surface area contributed by atoms with Crippen LogP contribution in [0.4, 0.5) is 0 Å². The zero-order valence-electron chi connectivity index (χ0n) is 16.4. The van der Waals surface area contributed by atoms with Gasteiger partial charge in [0, 0.05) is 19.7 Å². The Labute approximate surface area is 178 Å². The number of morpholine rings is 1. The van der Waals surface area contributed by atoms with E-state index in [4.69, 9.17) is 9.26 Å². The molecule has 0 spiro atoms. The maximum atomic E-state index is 6.01. The largest absolute Gasteiger partial charge is 0.370 e. The fourth-order valence-corrected chi connectivity index (χ4v) is 3.16. The molecule has 1 aromatic heterocycles. The monoisotopic (exact) mass is 484 g/mol. The number of nitrogens with zero attached hydrogens (tertiary/aromatic N) is 3. The smallest absolute Gasteiger partial charge is 0.194 e. The van der Waals surface area contributed by atoms with Crippen LogP contribution in [0.5, 0.6) is 0 Å². The molecule has 1 aliphatic heterocycles. The van der Waals surface area contributed by atoms with Gasteiger partial charge in [-0.1, -0.05) is 43.3 Å². The topological polar surface area (TPSA) is 62.9 Å². The number of halogens is 1. The predicted molar refractivity (Wildman–Crippen MR) is 118 cm³/mol. The van der Waals surface area contributed by atoms with E-state index in [1.807, 2.05) is 6.07 Å². The molecule has 6 nitrogen and oxygen atoms in total. The number of aromatic nitrogens is 1. The first-order chi connectivity index (χ1) is 12.6. The highest BCUT2D eigenvalue weighted by molar-refractivity contribution is 14.0. The molecule has 1 saturated heterocycles. The number of aryl methyl sites for hydroxylation is 1. The highest BCUT2D eigenvalue weighted by Gasteiger charge is 2.25. The zero-order valence-corrected chi connectivity index (χ0v) is 18.8. The SMILES string of the molecule is CN=C(NCc1cc(C(C)C)no1)N1CCOC(c2ccccc2C)C1.I. The maximum Gasteiger partial charge on any atom is 0.194 e. The summed E-state index contributed by atoms with van der Waals surface area (Å²) < 4.78 is 11.4. The third kappa shape index (κ3) is 5.44. The minimum absolute atomic E-state index is 0. The van der Waals surface area contributed by atoms with Crippen LogP contribution in [0.15, 0.2) is 39.8 Å². The number of nitrogens with one attached hydrogen (secondary N) is 1. The Morgan fingerprint density at radius 1 is 1.37 bits per heavy atom. The molecule has 3 rings (SSSR count). The highest BCUT2D eigenvalue weighted by Crippen LogP contribution is 2.25. The summed E-state index contributed by atoms with van der Waals surface area (Å²) in [7, 11) is 1.81. The van der Waals surface area contributed by atoms with Crippen LogP contribution in [0.1, 0.15) is 48.5 Å². The molecule has 0 saturated carbocycles. The second kappa shape index (κ2) is 10.1. The number of hydrogen-bond donors (Lipinski definition) is 1. The minimum atomic E-state index is 0. The van der Waals surface area contributed by atoms with Gasteiger partial charge in [-0.25, -0.2) is 0 Å². The van der Waals surface area contributed by atoms with Gasteiger partial charge < -0.3 is 19.5 Å². The molecule has 0 radical (unpaired) electrons. The van der Waals surface area contributed by atoms with Crippen LogP contribution in [0.2, 0.25) is 0 Å². The first kappa shape index (κ1) is 21.7. The average molecular weight is 484 g/mol. The maximum absolute atomic E-state index is 6.01. The van der Waals surface area contributed by atoms with E-state index in [1.54, 1.807) is 7.05 Å². The summed E-state index contributed by atoms with van der Waals surface area (Å²) in [5.41, 5.74) is 3.47. The van der Waals surface area contributed by atoms with Gasteiger partial charge in [0.2, 0.25) is 0 Å². The summed E-state index contributed by atoms with van der Waals surface area (Å²) in [4.78, 5) is 6.67. The molecular weight excluding hydrogens is 455 g/mol. The number of guanidine groups is 1. The van der Waals surface area contributed by atoms with Crippen molar-refractivity contribution in [2.75, 3.05) is 26.7 Å². The summed E-state index contributed by atoms with van der Waals surface area (Å²) in [6.45, 7) is 9.17. The fourth-order valence-electron chi connectivity index (χ4n) is 3.16. The Bertz CT molecular complexity index is 760. The van der Waals surface area contributed by atoms with Crippen LogP contribution in [0, 0.1) is 6.92 Å². The van der Waals surface area contributed by atoms with Crippen LogP contribution in [0.3, 0.4) is 0 Å². The molecule has 1 N–H and O–H groups in total. The molecule has 1 fully saturated rings.